The molecule has 28 heavy (non-hydrogen) atoms. The second kappa shape index (κ2) is 7.52. The van der Waals surface area contributed by atoms with Crippen LogP contribution in [-0.4, -0.2) is 60.4 Å². The minimum Gasteiger partial charge on any atom is -0.343 e. The number of alkyl halides is 3. The molecule has 0 bridgehead atoms. The van der Waals surface area contributed by atoms with Gasteiger partial charge < -0.3 is 10.2 Å². The SMILES string of the molecule is CN1CCN(CC2=N[CH]c3ccc(-c4ncccc4C(F)(F)F)cc3N2)CC1. The van der Waals surface area contributed by atoms with E-state index >= 15 is 0 Å². The molecule has 0 spiro atoms. The van der Waals surface area contributed by atoms with Crippen molar-refractivity contribution in [1.29, 1.82) is 0 Å². The Kier molecular flexibility index (Phi) is 5.07. The van der Waals surface area contributed by atoms with Crippen LogP contribution in [0, 0.1) is 6.54 Å². The number of halogens is 3. The lowest BCUT2D eigenvalue weighted by atomic mass is 10.0. The molecule has 0 aliphatic carbocycles. The average molecular weight is 388 g/mol. The Bertz CT molecular complexity index is 886. The number of nitrogens with one attached hydrogen (secondary N) is 1. The van der Waals surface area contributed by atoms with Crippen LogP contribution in [-0.2, 0) is 6.18 Å². The molecule has 1 saturated heterocycles. The van der Waals surface area contributed by atoms with E-state index in [4.69, 9.17) is 0 Å². The summed E-state index contributed by atoms with van der Waals surface area (Å²) in [5.41, 5.74) is 1.21. The van der Waals surface area contributed by atoms with Crippen molar-refractivity contribution in [3.05, 3.63) is 54.2 Å². The molecule has 4 rings (SSSR count). The number of nitrogens with zero attached hydrogens (tertiary/aromatic N) is 4. The molecule has 0 amide bonds. The maximum absolute atomic E-state index is 13.3. The highest BCUT2D eigenvalue weighted by Crippen LogP contribution is 2.37. The summed E-state index contributed by atoms with van der Waals surface area (Å²) < 4.78 is 40.0. The summed E-state index contributed by atoms with van der Waals surface area (Å²) in [6.45, 7) is 6.39. The van der Waals surface area contributed by atoms with Crippen LogP contribution in [0.2, 0.25) is 0 Å². The van der Waals surface area contributed by atoms with E-state index in [0.717, 1.165) is 49.3 Å². The van der Waals surface area contributed by atoms with Crippen LogP contribution in [0.5, 0.6) is 0 Å². The number of likely N-dealkylation sites (N-methyl/N-ethyl adjacent to an activating group) is 1. The van der Waals surface area contributed by atoms with Gasteiger partial charge in [-0.05, 0) is 25.2 Å². The van der Waals surface area contributed by atoms with E-state index in [-0.39, 0.29) is 5.69 Å². The highest BCUT2D eigenvalue weighted by atomic mass is 19.4. The summed E-state index contributed by atoms with van der Waals surface area (Å²) in [4.78, 5) is 13.1. The van der Waals surface area contributed by atoms with Crippen molar-refractivity contribution in [2.24, 2.45) is 4.99 Å². The van der Waals surface area contributed by atoms with Gasteiger partial charge in [0.05, 0.1) is 17.8 Å². The number of benzene rings is 1. The standard InChI is InChI=1S/C20H21F3N5/c1-27-7-9-28(10-8-27)13-18-25-12-15-5-4-14(11-17(15)26-18)19-16(20(21,22)23)3-2-6-24-19/h2-6,11-12H,7-10,13H2,1H3,(H,25,26). The van der Waals surface area contributed by atoms with Crippen LogP contribution in [0.3, 0.4) is 0 Å². The van der Waals surface area contributed by atoms with E-state index in [2.05, 4.69) is 32.1 Å². The van der Waals surface area contributed by atoms with Crippen molar-refractivity contribution in [3.63, 3.8) is 0 Å². The fraction of sp³-hybridized carbons (Fsp3) is 0.350. The molecule has 5 nitrogen and oxygen atoms in total. The third-order valence-electron chi connectivity index (χ3n) is 5.05. The summed E-state index contributed by atoms with van der Waals surface area (Å²) in [6.07, 6.45) is -3.07. The molecule has 0 saturated carbocycles. The van der Waals surface area contributed by atoms with E-state index in [1.54, 1.807) is 24.7 Å². The van der Waals surface area contributed by atoms with Crippen LogP contribution < -0.4 is 5.32 Å². The van der Waals surface area contributed by atoms with Gasteiger partial charge >= 0.3 is 6.18 Å². The third-order valence-corrected chi connectivity index (χ3v) is 5.05. The summed E-state index contributed by atoms with van der Waals surface area (Å²) in [5, 5.41) is 3.28. The van der Waals surface area contributed by atoms with Crippen LogP contribution in [0.1, 0.15) is 11.1 Å². The number of anilines is 1. The largest absolute Gasteiger partial charge is 0.418 e. The first-order valence-electron chi connectivity index (χ1n) is 9.14. The predicted molar refractivity (Wildman–Crippen MR) is 103 cm³/mol. The van der Waals surface area contributed by atoms with Crippen molar-refractivity contribution < 1.29 is 13.2 Å². The van der Waals surface area contributed by atoms with Gasteiger partial charge in [-0.25, -0.2) is 0 Å². The maximum Gasteiger partial charge on any atom is 0.418 e. The van der Waals surface area contributed by atoms with Crippen molar-refractivity contribution >= 4 is 11.5 Å². The lowest BCUT2D eigenvalue weighted by molar-refractivity contribution is -0.137. The summed E-state index contributed by atoms with van der Waals surface area (Å²) >= 11 is 0. The van der Waals surface area contributed by atoms with Crippen molar-refractivity contribution in [2.75, 3.05) is 45.1 Å². The molecule has 1 radical (unpaired) electrons. The Morgan fingerprint density at radius 1 is 1.11 bits per heavy atom. The maximum atomic E-state index is 13.3. The molecule has 147 valence electrons. The van der Waals surface area contributed by atoms with E-state index in [0.29, 0.717) is 12.1 Å². The van der Waals surface area contributed by atoms with Crippen LogP contribution in [0.15, 0.2) is 41.5 Å². The smallest absolute Gasteiger partial charge is 0.343 e. The number of hydrogen-bond acceptors (Lipinski definition) is 5. The van der Waals surface area contributed by atoms with Crippen LogP contribution in [0.25, 0.3) is 11.3 Å². The number of fused-ring (bicyclic) bond motifs is 1. The second-order valence-electron chi connectivity index (χ2n) is 7.11. The molecule has 1 N–H and O–H groups in total. The summed E-state index contributed by atoms with van der Waals surface area (Å²) in [6, 6.07) is 7.49. The number of piperazine rings is 1. The highest BCUT2D eigenvalue weighted by Gasteiger charge is 2.34. The molecule has 2 aliphatic rings. The molecular formula is C20H21F3N5. The molecule has 8 heteroatoms. The predicted octanol–water partition coefficient (Wildman–Crippen LogP) is 3.35. The number of hydrogen-bond donors (Lipinski definition) is 1. The number of pyridine rings is 1. The average Bonchev–Trinajstić information content (AvgIpc) is 2.68. The van der Waals surface area contributed by atoms with Crippen LogP contribution in [0.4, 0.5) is 18.9 Å². The molecule has 0 unspecified atom stereocenters. The Hall–Kier alpha value is -2.45. The zero-order valence-corrected chi connectivity index (χ0v) is 15.5. The molecule has 1 aromatic heterocycles. The topological polar surface area (TPSA) is 43.8 Å². The van der Waals surface area contributed by atoms with E-state index in [1.165, 1.54) is 12.3 Å². The van der Waals surface area contributed by atoms with Crippen molar-refractivity contribution in [3.8, 4) is 11.3 Å². The Labute approximate surface area is 161 Å². The minimum atomic E-state index is -4.45. The molecule has 1 fully saturated rings. The monoisotopic (exact) mass is 388 g/mol. The molecule has 0 atom stereocenters. The Morgan fingerprint density at radius 2 is 1.89 bits per heavy atom. The van der Waals surface area contributed by atoms with Gasteiger partial charge in [0.2, 0.25) is 0 Å². The van der Waals surface area contributed by atoms with Crippen molar-refractivity contribution in [2.45, 2.75) is 6.18 Å². The number of rotatable bonds is 3. The van der Waals surface area contributed by atoms with Gasteiger partial charge in [-0.1, -0.05) is 12.1 Å². The minimum absolute atomic E-state index is 0.0669. The van der Waals surface area contributed by atoms with E-state index in [9.17, 15) is 13.2 Å². The lowest BCUT2D eigenvalue weighted by Crippen LogP contribution is -2.47. The van der Waals surface area contributed by atoms with Gasteiger partial charge in [-0.15, -0.1) is 0 Å². The molecule has 3 heterocycles. The molecule has 2 aliphatic heterocycles. The Morgan fingerprint density at radius 3 is 2.64 bits per heavy atom. The normalized spacial score (nSPS) is 18.4. The first-order valence-corrected chi connectivity index (χ1v) is 9.14. The quantitative estimate of drug-likeness (QED) is 0.876. The number of aliphatic imine (C=N–C) groups is 1. The molecular weight excluding hydrogens is 367 g/mol. The zero-order valence-electron chi connectivity index (χ0n) is 15.5. The second-order valence-corrected chi connectivity index (χ2v) is 7.11. The first-order chi connectivity index (χ1) is 13.4. The lowest BCUT2D eigenvalue weighted by Gasteiger charge is -2.33. The highest BCUT2D eigenvalue weighted by molar-refractivity contribution is 6.00. The number of aromatic nitrogens is 1. The van der Waals surface area contributed by atoms with E-state index in [1.807, 2.05) is 0 Å². The van der Waals surface area contributed by atoms with Gasteiger partial charge in [0, 0.05) is 49.2 Å². The summed E-state index contributed by atoms with van der Waals surface area (Å²) in [5.74, 6) is 0.797. The summed E-state index contributed by atoms with van der Waals surface area (Å²) in [7, 11) is 2.10. The zero-order chi connectivity index (χ0) is 19.7. The van der Waals surface area contributed by atoms with Gasteiger partial charge in [0.15, 0.2) is 0 Å². The Balaban J connectivity index is 1.55. The number of amidine groups is 1. The molecule has 1 aromatic carbocycles. The van der Waals surface area contributed by atoms with Gasteiger partial charge in [0.1, 0.15) is 12.4 Å². The fourth-order valence-electron chi connectivity index (χ4n) is 3.42. The fourth-order valence-corrected chi connectivity index (χ4v) is 3.42. The van der Waals surface area contributed by atoms with Crippen LogP contribution >= 0.6 is 0 Å². The first kappa shape index (κ1) is 18.9. The van der Waals surface area contributed by atoms with E-state index < -0.39 is 11.7 Å². The van der Waals surface area contributed by atoms with Gasteiger partial charge in [0.25, 0.3) is 0 Å². The third kappa shape index (κ3) is 4.02. The van der Waals surface area contributed by atoms with Gasteiger partial charge in [-0.2, -0.15) is 13.2 Å². The van der Waals surface area contributed by atoms with Gasteiger partial charge in [-0.3, -0.25) is 14.9 Å². The van der Waals surface area contributed by atoms with Crippen molar-refractivity contribution in [1.82, 2.24) is 14.8 Å². The molecule has 2 aromatic rings.